The van der Waals surface area contributed by atoms with Gasteiger partial charge in [0.2, 0.25) is 0 Å². The molecule has 0 fully saturated rings. The summed E-state index contributed by atoms with van der Waals surface area (Å²) in [5, 5.41) is 28.3. The highest BCUT2D eigenvalue weighted by molar-refractivity contribution is 9.10. The minimum absolute atomic E-state index is 0.0374. The molecule has 0 saturated carbocycles. The number of phenolic OH excluding ortho intramolecular Hbond substituents is 1. The second-order valence-corrected chi connectivity index (χ2v) is 4.99. The fraction of sp³-hybridized carbons (Fsp3) is 0.0714. The molecule has 0 amide bonds. The molecule has 0 atom stereocenters. The van der Waals surface area contributed by atoms with E-state index in [0.717, 1.165) is 0 Å². The molecule has 0 spiro atoms. The van der Waals surface area contributed by atoms with Crippen LogP contribution < -0.4 is 16.0 Å². The molecule has 1 aromatic heterocycles. The standard InChI is InChI=1S/C14H9BrN4O3/c1-22-12-9(20)3-2-6(11(12)15)10-7(4-16)13(18)19-14(21)8(10)5-17/h2-3,20H,1H3,(H3,18,19,21). The number of hydrogen-bond acceptors (Lipinski definition) is 6. The van der Waals surface area contributed by atoms with Crippen molar-refractivity contribution >= 4 is 21.7 Å². The third kappa shape index (κ3) is 2.26. The number of phenols is 1. The summed E-state index contributed by atoms with van der Waals surface area (Å²) in [5.41, 5.74) is 5.09. The summed E-state index contributed by atoms with van der Waals surface area (Å²) >= 11 is 3.25. The van der Waals surface area contributed by atoms with Gasteiger partial charge in [-0.2, -0.15) is 10.5 Å². The van der Waals surface area contributed by atoms with Crippen molar-refractivity contribution < 1.29 is 9.84 Å². The topological polar surface area (TPSA) is 136 Å². The van der Waals surface area contributed by atoms with Gasteiger partial charge in [-0.15, -0.1) is 0 Å². The smallest absolute Gasteiger partial charge is 0.268 e. The zero-order valence-corrected chi connectivity index (χ0v) is 12.9. The predicted octanol–water partition coefficient (Wildman–Crippen LogP) is 1.84. The number of pyridine rings is 1. The number of nitriles is 2. The summed E-state index contributed by atoms with van der Waals surface area (Å²) in [6.07, 6.45) is 0. The molecule has 2 rings (SSSR count). The summed E-state index contributed by atoms with van der Waals surface area (Å²) in [6.45, 7) is 0. The number of nitrogen functional groups attached to an aromatic ring is 1. The number of nitrogens with one attached hydrogen (secondary N) is 1. The first-order valence-electron chi connectivity index (χ1n) is 5.88. The van der Waals surface area contributed by atoms with Crippen LogP contribution in [0.5, 0.6) is 11.5 Å². The molecule has 4 N–H and O–H groups in total. The Bertz CT molecular complexity index is 906. The van der Waals surface area contributed by atoms with E-state index in [1.807, 2.05) is 6.07 Å². The minimum atomic E-state index is -0.701. The predicted molar refractivity (Wildman–Crippen MR) is 82.3 cm³/mol. The zero-order valence-electron chi connectivity index (χ0n) is 11.3. The number of ether oxygens (including phenoxy) is 1. The lowest BCUT2D eigenvalue weighted by Crippen LogP contribution is -2.16. The summed E-state index contributed by atoms with van der Waals surface area (Å²) in [4.78, 5) is 14.2. The maximum Gasteiger partial charge on any atom is 0.268 e. The fourth-order valence-electron chi connectivity index (χ4n) is 2.05. The first-order valence-corrected chi connectivity index (χ1v) is 6.67. The molecule has 7 nitrogen and oxygen atoms in total. The van der Waals surface area contributed by atoms with E-state index < -0.39 is 5.56 Å². The van der Waals surface area contributed by atoms with Gasteiger partial charge in [0.1, 0.15) is 29.1 Å². The zero-order chi connectivity index (χ0) is 16.4. The molecule has 22 heavy (non-hydrogen) atoms. The molecular weight excluding hydrogens is 352 g/mol. The first-order chi connectivity index (χ1) is 10.5. The molecule has 8 heteroatoms. The van der Waals surface area contributed by atoms with Crippen molar-refractivity contribution in [3.8, 4) is 34.8 Å². The van der Waals surface area contributed by atoms with E-state index in [9.17, 15) is 20.4 Å². The average molecular weight is 361 g/mol. The Labute approximate surface area is 133 Å². The number of benzene rings is 1. The van der Waals surface area contributed by atoms with Crippen LogP contribution in [0.4, 0.5) is 5.82 Å². The number of nitrogens with two attached hydrogens (primary N) is 1. The SMILES string of the molecule is COc1c(O)ccc(-c2c(C#N)c(N)[nH]c(=O)c2C#N)c1Br. The van der Waals surface area contributed by atoms with Gasteiger partial charge in [-0.3, -0.25) is 4.79 Å². The number of aromatic hydroxyl groups is 1. The van der Waals surface area contributed by atoms with Gasteiger partial charge in [-0.1, -0.05) is 0 Å². The van der Waals surface area contributed by atoms with Gasteiger partial charge in [-0.25, -0.2) is 0 Å². The molecule has 0 bridgehead atoms. The summed E-state index contributed by atoms with van der Waals surface area (Å²) in [6, 6.07) is 6.43. The Balaban J connectivity index is 2.99. The fourth-order valence-corrected chi connectivity index (χ4v) is 2.74. The lowest BCUT2D eigenvalue weighted by molar-refractivity contribution is 0.371. The third-order valence-electron chi connectivity index (χ3n) is 3.02. The molecule has 2 aromatic rings. The maximum atomic E-state index is 11.9. The highest BCUT2D eigenvalue weighted by Gasteiger charge is 2.22. The van der Waals surface area contributed by atoms with Crippen molar-refractivity contribution in [1.82, 2.24) is 4.98 Å². The lowest BCUT2D eigenvalue weighted by atomic mass is 9.96. The second-order valence-electron chi connectivity index (χ2n) is 4.20. The summed E-state index contributed by atoms with van der Waals surface area (Å²) in [5.74, 6) is -0.155. The maximum absolute atomic E-state index is 11.9. The van der Waals surface area contributed by atoms with Crippen LogP contribution >= 0.6 is 15.9 Å². The number of hydrogen-bond donors (Lipinski definition) is 3. The Morgan fingerprint density at radius 2 is 1.95 bits per heavy atom. The Kier molecular flexibility index (Phi) is 4.06. The van der Waals surface area contributed by atoms with Gasteiger partial charge in [0.25, 0.3) is 5.56 Å². The number of aromatic amines is 1. The third-order valence-corrected chi connectivity index (χ3v) is 3.81. The number of aromatic nitrogens is 1. The van der Waals surface area contributed by atoms with Gasteiger partial charge in [0.05, 0.1) is 11.6 Å². The van der Waals surface area contributed by atoms with E-state index in [1.54, 1.807) is 6.07 Å². The van der Waals surface area contributed by atoms with Crippen molar-refractivity contribution in [2.45, 2.75) is 0 Å². The van der Waals surface area contributed by atoms with Gasteiger partial charge < -0.3 is 20.6 Å². The molecule has 0 aliphatic heterocycles. The largest absolute Gasteiger partial charge is 0.504 e. The molecular formula is C14H9BrN4O3. The van der Waals surface area contributed by atoms with Crippen molar-refractivity contribution in [3.63, 3.8) is 0 Å². The molecule has 1 heterocycles. The molecule has 1 aromatic carbocycles. The minimum Gasteiger partial charge on any atom is -0.504 e. The van der Waals surface area contributed by atoms with Crippen molar-refractivity contribution in [2.75, 3.05) is 12.8 Å². The molecule has 0 saturated heterocycles. The van der Waals surface area contributed by atoms with Crippen LogP contribution in [-0.2, 0) is 0 Å². The van der Waals surface area contributed by atoms with Crippen LogP contribution in [0.15, 0.2) is 21.4 Å². The molecule has 0 radical (unpaired) electrons. The van der Waals surface area contributed by atoms with Crippen molar-refractivity contribution in [2.24, 2.45) is 0 Å². The van der Waals surface area contributed by atoms with E-state index >= 15 is 0 Å². The van der Waals surface area contributed by atoms with E-state index in [2.05, 4.69) is 20.9 Å². The van der Waals surface area contributed by atoms with Gasteiger partial charge in [0.15, 0.2) is 11.5 Å². The highest BCUT2D eigenvalue weighted by Crippen LogP contribution is 2.43. The van der Waals surface area contributed by atoms with Gasteiger partial charge in [-0.05, 0) is 28.1 Å². The molecule has 0 aliphatic carbocycles. The van der Waals surface area contributed by atoms with Crippen LogP contribution in [0.2, 0.25) is 0 Å². The van der Waals surface area contributed by atoms with Crippen LogP contribution in [0, 0.1) is 22.7 Å². The normalized spacial score (nSPS) is 9.82. The Hall–Kier alpha value is -2.97. The highest BCUT2D eigenvalue weighted by atomic mass is 79.9. The summed E-state index contributed by atoms with van der Waals surface area (Å²) in [7, 11) is 1.35. The van der Waals surface area contributed by atoms with Crippen LogP contribution in [-0.4, -0.2) is 17.2 Å². The Morgan fingerprint density at radius 3 is 2.50 bits per heavy atom. The monoisotopic (exact) mass is 360 g/mol. The van der Waals surface area contributed by atoms with Crippen LogP contribution in [0.25, 0.3) is 11.1 Å². The number of halogens is 1. The number of methoxy groups -OCH3 is 1. The molecule has 0 aliphatic rings. The van der Waals surface area contributed by atoms with Gasteiger partial charge >= 0.3 is 0 Å². The van der Waals surface area contributed by atoms with E-state index in [-0.39, 0.29) is 34.0 Å². The Morgan fingerprint density at radius 1 is 1.32 bits per heavy atom. The average Bonchev–Trinajstić information content (AvgIpc) is 2.47. The van der Waals surface area contributed by atoms with Crippen molar-refractivity contribution in [1.29, 1.82) is 10.5 Å². The quantitative estimate of drug-likeness (QED) is 0.747. The van der Waals surface area contributed by atoms with Crippen LogP contribution in [0.1, 0.15) is 11.1 Å². The second kappa shape index (κ2) is 5.80. The van der Waals surface area contributed by atoms with E-state index in [1.165, 1.54) is 19.2 Å². The first kappa shape index (κ1) is 15.4. The number of rotatable bonds is 2. The number of nitrogens with zero attached hydrogens (tertiary/aromatic N) is 2. The van der Waals surface area contributed by atoms with Gasteiger partial charge in [0, 0.05) is 11.1 Å². The lowest BCUT2D eigenvalue weighted by Gasteiger charge is -2.13. The number of anilines is 1. The van der Waals surface area contributed by atoms with Crippen molar-refractivity contribution in [3.05, 3.63) is 38.1 Å². The number of H-pyrrole nitrogens is 1. The van der Waals surface area contributed by atoms with E-state index in [4.69, 9.17) is 10.5 Å². The summed E-state index contributed by atoms with van der Waals surface area (Å²) < 4.78 is 5.36. The molecule has 110 valence electrons. The van der Waals surface area contributed by atoms with E-state index in [0.29, 0.717) is 10.0 Å². The van der Waals surface area contributed by atoms with Crippen LogP contribution in [0.3, 0.4) is 0 Å². The molecule has 0 unspecified atom stereocenters.